The SMILES string of the molecule is CCC1CCC(C)N1CCNc1ccc(Br)cc1. The second kappa shape index (κ2) is 6.58. The molecule has 2 nitrogen and oxygen atoms in total. The molecule has 0 aliphatic carbocycles. The Morgan fingerprint density at radius 2 is 2.00 bits per heavy atom. The van der Waals surface area contributed by atoms with Crippen molar-refractivity contribution in [3.05, 3.63) is 28.7 Å². The second-order valence-corrected chi connectivity index (χ2v) is 6.08. The maximum Gasteiger partial charge on any atom is 0.0341 e. The summed E-state index contributed by atoms with van der Waals surface area (Å²) < 4.78 is 1.13. The van der Waals surface area contributed by atoms with Crippen LogP contribution in [0.5, 0.6) is 0 Å². The lowest BCUT2D eigenvalue weighted by Crippen LogP contribution is -2.37. The number of anilines is 1. The van der Waals surface area contributed by atoms with Crippen LogP contribution in [0.1, 0.15) is 33.1 Å². The Labute approximate surface area is 119 Å². The van der Waals surface area contributed by atoms with Gasteiger partial charge in [-0.15, -0.1) is 0 Å². The molecule has 1 aliphatic heterocycles. The van der Waals surface area contributed by atoms with Gasteiger partial charge in [0.25, 0.3) is 0 Å². The van der Waals surface area contributed by atoms with Crippen LogP contribution in [0.15, 0.2) is 28.7 Å². The Kier molecular flexibility index (Phi) is 5.07. The number of hydrogen-bond donors (Lipinski definition) is 1. The second-order valence-electron chi connectivity index (χ2n) is 5.16. The molecule has 0 radical (unpaired) electrons. The zero-order valence-electron chi connectivity index (χ0n) is 11.3. The predicted octanol–water partition coefficient (Wildman–Crippen LogP) is 4.12. The van der Waals surface area contributed by atoms with Crippen molar-refractivity contribution in [2.45, 2.75) is 45.2 Å². The van der Waals surface area contributed by atoms with Crippen LogP contribution in [0.4, 0.5) is 5.69 Å². The first-order chi connectivity index (χ1) is 8.70. The summed E-state index contributed by atoms with van der Waals surface area (Å²) >= 11 is 3.46. The molecule has 0 amide bonds. The molecule has 1 heterocycles. The van der Waals surface area contributed by atoms with Gasteiger partial charge in [-0.3, -0.25) is 4.90 Å². The Bertz CT molecular complexity index is 363. The van der Waals surface area contributed by atoms with E-state index in [1.165, 1.54) is 24.9 Å². The van der Waals surface area contributed by atoms with Crippen LogP contribution >= 0.6 is 15.9 Å². The van der Waals surface area contributed by atoms with Crippen LogP contribution in [0, 0.1) is 0 Å². The summed E-state index contributed by atoms with van der Waals surface area (Å²) in [6.07, 6.45) is 4.01. The number of nitrogens with zero attached hydrogens (tertiary/aromatic N) is 1. The van der Waals surface area contributed by atoms with E-state index in [2.05, 4.69) is 64.3 Å². The zero-order valence-corrected chi connectivity index (χ0v) is 12.9. The van der Waals surface area contributed by atoms with E-state index < -0.39 is 0 Å². The molecule has 18 heavy (non-hydrogen) atoms. The summed E-state index contributed by atoms with van der Waals surface area (Å²) in [6, 6.07) is 9.95. The molecular weight excluding hydrogens is 288 g/mol. The van der Waals surface area contributed by atoms with Gasteiger partial charge in [-0.05, 0) is 50.5 Å². The Hall–Kier alpha value is -0.540. The molecule has 1 N–H and O–H groups in total. The van der Waals surface area contributed by atoms with Gasteiger partial charge in [0.05, 0.1) is 0 Å². The van der Waals surface area contributed by atoms with Crippen LogP contribution < -0.4 is 5.32 Å². The van der Waals surface area contributed by atoms with E-state index in [1.54, 1.807) is 0 Å². The zero-order chi connectivity index (χ0) is 13.0. The Morgan fingerprint density at radius 3 is 2.67 bits per heavy atom. The first kappa shape index (κ1) is 13.9. The summed E-state index contributed by atoms with van der Waals surface area (Å²) in [6.45, 7) is 6.84. The monoisotopic (exact) mass is 310 g/mol. The molecular formula is C15H23BrN2. The van der Waals surface area contributed by atoms with Crippen molar-refractivity contribution in [3.8, 4) is 0 Å². The number of halogens is 1. The summed E-state index contributed by atoms with van der Waals surface area (Å²) in [5, 5.41) is 3.50. The van der Waals surface area contributed by atoms with Gasteiger partial charge >= 0.3 is 0 Å². The van der Waals surface area contributed by atoms with E-state index in [0.717, 1.165) is 29.6 Å². The molecule has 0 bridgehead atoms. The molecule has 0 spiro atoms. The maximum absolute atomic E-state index is 3.50. The molecule has 3 heteroatoms. The standard InChI is InChI=1S/C15H23BrN2/c1-3-15-9-4-12(2)18(15)11-10-17-14-7-5-13(16)6-8-14/h5-8,12,15,17H,3-4,9-11H2,1-2H3. The topological polar surface area (TPSA) is 15.3 Å². The molecule has 1 aromatic rings. The van der Waals surface area contributed by atoms with Crippen LogP contribution in [-0.2, 0) is 0 Å². The third-order valence-corrected chi connectivity index (χ3v) is 4.50. The minimum Gasteiger partial charge on any atom is -0.384 e. The summed E-state index contributed by atoms with van der Waals surface area (Å²) in [4.78, 5) is 2.66. The van der Waals surface area contributed by atoms with E-state index >= 15 is 0 Å². The number of rotatable bonds is 5. The van der Waals surface area contributed by atoms with Crippen molar-refractivity contribution in [3.63, 3.8) is 0 Å². The number of nitrogens with one attached hydrogen (secondary N) is 1. The van der Waals surface area contributed by atoms with Crippen LogP contribution in [0.25, 0.3) is 0 Å². The van der Waals surface area contributed by atoms with Gasteiger partial charge in [-0.2, -0.15) is 0 Å². The molecule has 2 unspecified atom stereocenters. The fourth-order valence-electron chi connectivity index (χ4n) is 2.86. The largest absolute Gasteiger partial charge is 0.384 e. The molecule has 2 atom stereocenters. The van der Waals surface area contributed by atoms with E-state index in [0.29, 0.717) is 0 Å². The van der Waals surface area contributed by atoms with Crippen molar-refractivity contribution < 1.29 is 0 Å². The van der Waals surface area contributed by atoms with Crippen LogP contribution in [0.2, 0.25) is 0 Å². The van der Waals surface area contributed by atoms with Gasteiger partial charge in [-0.25, -0.2) is 0 Å². The van der Waals surface area contributed by atoms with Crippen molar-refractivity contribution in [2.24, 2.45) is 0 Å². The number of hydrogen-bond acceptors (Lipinski definition) is 2. The highest BCUT2D eigenvalue weighted by Crippen LogP contribution is 2.25. The first-order valence-corrected chi connectivity index (χ1v) is 7.75. The van der Waals surface area contributed by atoms with Gasteiger partial charge in [0, 0.05) is 35.3 Å². The highest BCUT2D eigenvalue weighted by atomic mass is 79.9. The molecule has 0 aromatic heterocycles. The lowest BCUT2D eigenvalue weighted by Gasteiger charge is -2.27. The Morgan fingerprint density at radius 1 is 1.28 bits per heavy atom. The minimum atomic E-state index is 0.752. The van der Waals surface area contributed by atoms with Crippen molar-refractivity contribution in [1.29, 1.82) is 0 Å². The number of benzene rings is 1. The van der Waals surface area contributed by atoms with Gasteiger partial charge in [0.15, 0.2) is 0 Å². The molecule has 1 fully saturated rings. The predicted molar refractivity (Wildman–Crippen MR) is 82.1 cm³/mol. The average molecular weight is 311 g/mol. The van der Waals surface area contributed by atoms with Gasteiger partial charge < -0.3 is 5.32 Å². The highest BCUT2D eigenvalue weighted by Gasteiger charge is 2.28. The quantitative estimate of drug-likeness (QED) is 0.880. The first-order valence-electron chi connectivity index (χ1n) is 6.96. The minimum absolute atomic E-state index is 0.752. The lowest BCUT2D eigenvalue weighted by molar-refractivity contribution is 0.207. The molecule has 1 aromatic carbocycles. The van der Waals surface area contributed by atoms with Crippen LogP contribution in [-0.4, -0.2) is 30.1 Å². The lowest BCUT2D eigenvalue weighted by atomic mass is 10.1. The van der Waals surface area contributed by atoms with Crippen molar-refractivity contribution in [2.75, 3.05) is 18.4 Å². The van der Waals surface area contributed by atoms with Gasteiger partial charge in [0.2, 0.25) is 0 Å². The molecule has 0 saturated carbocycles. The van der Waals surface area contributed by atoms with Crippen molar-refractivity contribution >= 4 is 21.6 Å². The van der Waals surface area contributed by atoms with E-state index in [9.17, 15) is 0 Å². The summed E-state index contributed by atoms with van der Waals surface area (Å²) in [7, 11) is 0. The third-order valence-electron chi connectivity index (χ3n) is 3.97. The maximum atomic E-state index is 3.50. The van der Waals surface area contributed by atoms with E-state index in [-0.39, 0.29) is 0 Å². The van der Waals surface area contributed by atoms with Gasteiger partial charge in [-0.1, -0.05) is 22.9 Å². The molecule has 2 rings (SSSR count). The highest BCUT2D eigenvalue weighted by molar-refractivity contribution is 9.10. The molecule has 1 saturated heterocycles. The summed E-state index contributed by atoms with van der Waals surface area (Å²) in [5.74, 6) is 0. The molecule has 1 aliphatic rings. The molecule has 100 valence electrons. The van der Waals surface area contributed by atoms with Crippen LogP contribution in [0.3, 0.4) is 0 Å². The Balaban J connectivity index is 1.79. The fraction of sp³-hybridized carbons (Fsp3) is 0.600. The normalized spacial score (nSPS) is 24.4. The smallest absolute Gasteiger partial charge is 0.0341 e. The average Bonchev–Trinajstić information content (AvgIpc) is 2.73. The summed E-state index contributed by atoms with van der Waals surface area (Å²) in [5.41, 5.74) is 1.21. The van der Waals surface area contributed by atoms with Crippen molar-refractivity contribution in [1.82, 2.24) is 4.90 Å². The third kappa shape index (κ3) is 3.48. The fourth-order valence-corrected chi connectivity index (χ4v) is 3.13. The van der Waals surface area contributed by atoms with E-state index in [4.69, 9.17) is 0 Å². The van der Waals surface area contributed by atoms with E-state index in [1.807, 2.05) is 0 Å². The van der Waals surface area contributed by atoms with Gasteiger partial charge in [0.1, 0.15) is 0 Å². The number of likely N-dealkylation sites (tertiary alicyclic amines) is 1.